The lowest BCUT2D eigenvalue weighted by Crippen LogP contribution is -2.28. The van der Waals surface area contributed by atoms with Crippen LogP contribution >= 0.6 is 0 Å². The lowest BCUT2D eigenvalue weighted by atomic mass is 9.67. The quantitative estimate of drug-likeness (QED) is 0.158. The van der Waals surface area contributed by atoms with Gasteiger partial charge in [-0.05, 0) is 117 Å². The first-order chi connectivity index (χ1) is 30.8. The molecule has 0 radical (unpaired) electrons. The Labute approximate surface area is 359 Å². The highest BCUT2D eigenvalue weighted by molar-refractivity contribution is 6.24. The molecule has 1 aliphatic rings. The van der Waals surface area contributed by atoms with Crippen molar-refractivity contribution in [2.24, 2.45) is 0 Å². The first kappa shape index (κ1) is 34.8. The fourth-order valence-corrected chi connectivity index (χ4v) is 11.0. The van der Waals surface area contributed by atoms with E-state index in [1.165, 1.54) is 104 Å². The number of furan rings is 1. The monoisotopic (exact) mass is 786 g/mol. The molecule has 12 aromatic rings. The number of benzene rings is 11. The molecule has 0 N–H and O–H groups in total. The molecule has 1 heterocycles. The molecule has 0 aliphatic heterocycles. The minimum atomic E-state index is -0.474. The Morgan fingerprint density at radius 3 is 1.47 bits per heavy atom. The molecule has 0 unspecified atom stereocenters. The van der Waals surface area contributed by atoms with Crippen molar-refractivity contribution in [3.8, 4) is 44.5 Å². The third kappa shape index (κ3) is 4.91. The second-order valence-electron chi connectivity index (χ2n) is 16.6. The summed E-state index contributed by atoms with van der Waals surface area (Å²) in [6.07, 6.45) is 0. The summed E-state index contributed by atoms with van der Waals surface area (Å²) in [6, 6.07) is 84.9. The van der Waals surface area contributed by atoms with E-state index in [0.717, 1.165) is 16.6 Å². The van der Waals surface area contributed by atoms with Gasteiger partial charge in [-0.3, -0.25) is 0 Å². The highest BCUT2D eigenvalue weighted by Crippen LogP contribution is 2.57. The molecular formula is C61H38O. The van der Waals surface area contributed by atoms with E-state index in [1.807, 2.05) is 0 Å². The van der Waals surface area contributed by atoms with Gasteiger partial charge in [0.25, 0.3) is 0 Å². The average Bonchev–Trinajstić information content (AvgIpc) is 3.88. The maximum atomic E-state index is 6.46. The van der Waals surface area contributed by atoms with Crippen LogP contribution in [0.5, 0.6) is 0 Å². The van der Waals surface area contributed by atoms with Crippen LogP contribution in [0.25, 0.3) is 98.8 Å². The Bertz CT molecular complexity index is 3630. The molecule has 11 aromatic carbocycles. The van der Waals surface area contributed by atoms with Gasteiger partial charge in [-0.15, -0.1) is 0 Å². The molecule has 0 fully saturated rings. The van der Waals surface area contributed by atoms with Crippen LogP contribution in [0.15, 0.2) is 235 Å². The molecule has 62 heavy (non-hydrogen) atoms. The normalized spacial score (nSPS) is 13.0. The molecule has 0 amide bonds. The van der Waals surface area contributed by atoms with Crippen LogP contribution in [0, 0.1) is 0 Å². The smallest absolute Gasteiger partial charge is 0.136 e. The summed E-state index contributed by atoms with van der Waals surface area (Å²) < 4.78 is 6.46. The zero-order chi connectivity index (χ0) is 40.8. The Morgan fingerprint density at radius 1 is 0.290 bits per heavy atom. The van der Waals surface area contributed by atoms with E-state index in [9.17, 15) is 0 Å². The zero-order valence-electron chi connectivity index (χ0n) is 33.8. The largest absolute Gasteiger partial charge is 0.456 e. The topological polar surface area (TPSA) is 13.1 Å². The van der Waals surface area contributed by atoms with Crippen LogP contribution < -0.4 is 0 Å². The van der Waals surface area contributed by atoms with Crippen LogP contribution in [0.4, 0.5) is 0 Å². The average molecular weight is 787 g/mol. The SMILES string of the molecule is c1ccc(C2(c3ccccc3)c3ccccc3-c3ccc(-c4c5ccccc5c(-c5ccc(-c6cccc7oc8ccc9ccccc9c8c67)cc5)c5ccccc45)cc32)cc1. The van der Waals surface area contributed by atoms with Gasteiger partial charge in [-0.2, -0.15) is 0 Å². The van der Waals surface area contributed by atoms with Crippen LogP contribution in [0.2, 0.25) is 0 Å². The molecule has 0 bridgehead atoms. The van der Waals surface area contributed by atoms with Crippen molar-refractivity contribution in [3.05, 3.63) is 253 Å². The first-order valence-corrected chi connectivity index (χ1v) is 21.5. The molecule has 1 aliphatic carbocycles. The predicted molar refractivity (Wildman–Crippen MR) is 260 cm³/mol. The molecule has 0 saturated heterocycles. The van der Waals surface area contributed by atoms with Gasteiger partial charge < -0.3 is 4.42 Å². The summed E-state index contributed by atoms with van der Waals surface area (Å²) in [7, 11) is 0. The van der Waals surface area contributed by atoms with E-state index in [2.05, 4.69) is 231 Å². The molecule has 0 saturated carbocycles. The lowest BCUT2D eigenvalue weighted by molar-refractivity contribution is 0.669. The number of hydrogen-bond donors (Lipinski definition) is 0. The van der Waals surface area contributed by atoms with Gasteiger partial charge in [0, 0.05) is 10.8 Å². The molecule has 0 atom stereocenters. The van der Waals surface area contributed by atoms with Crippen molar-refractivity contribution in [1.82, 2.24) is 0 Å². The van der Waals surface area contributed by atoms with Crippen LogP contribution in [-0.2, 0) is 5.41 Å². The van der Waals surface area contributed by atoms with E-state index in [0.29, 0.717) is 0 Å². The minimum Gasteiger partial charge on any atom is -0.456 e. The van der Waals surface area contributed by atoms with E-state index >= 15 is 0 Å². The lowest BCUT2D eigenvalue weighted by Gasteiger charge is -2.34. The van der Waals surface area contributed by atoms with E-state index < -0.39 is 5.41 Å². The zero-order valence-corrected chi connectivity index (χ0v) is 33.8. The van der Waals surface area contributed by atoms with Crippen molar-refractivity contribution < 1.29 is 4.42 Å². The van der Waals surface area contributed by atoms with Gasteiger partial charge in [-0.1, -0.05) is 212 Å². The minimum absolute atomic E-state index is 0.474. The van der Waals surface area contributed by atoms with Gasteiger partial charge in [0.15, 0.2) is 0 Å². The summed E-state index contributed by atoms with van der Waals surface area (Å²) >= 11 is 0. The molecule has 13 rings (SSSR count). The Kier molecular flexibility index (Phi) is 7.59. The maximum absolute atomic E-state index is 6.46. The van der Waals surface area contributed by atoms with Crippen LogP contribution in [0.3, 0.4) is 0 Å². The highest BCUT2D eigenvalue weighted by atomic mass is 16.3. The van der Waals surface area contributed by atoms with Crippen molar-refractivity contribution in [1.29, 1.82) is 0 Å². The fraction of sp³-hybridized carbons (Fsp3) is 0.0164. The molecule has 1 aromatic heterocycles. The third-order valence-electron chi connectivity index (χ3n) is 13.6. The number of fused-ring (bicyclic) bond motifs is 10. The molecular weight excluding hydrogens is 749 g/mol. The Balaban J connectivity index is 1.01. The molecule has 1 nitrogen and oxygen atoms in total. The fourth-order valence-electron chi connectivity index (χ4n) is 11.0. The van der Waals surface area contributed by atoms with Gasteiger partial charge in [0.1, 0.15) is 11.2 Å². The standard InChI is InChI=1S/C61H38O/c1-3-17-43(18-4-1)61(44-19-5-2-6-20-44)53-28-14-13-22-47(53)48-36-34-42(38-54(48)61)58-51-25-11-9-23-49(51)57(50-24-10-12-26-52(50)58)41-32-30-40(31-33-41)46-27-15-29-55-59(46)60-45-21-8-7-16-39(45)35-37-56(60)62-55/h1-38H. The van der Waals surface area contributed by atoms with Crippen molar-refractivity contribution in [2.45, 2.75) is 5.41 Å². The van der Waals surface area contributed by atoms with E-state index in [1.54, 1.807) is 0 Å². The summed E-state index contributed by atoms with van der Waals surface area (Å²) in [5.41, 5.74) is 16.4. The highest BCUT2D eigenvalue weighted by Gasteiger charge is 2.46. The number of hydrogen-bond acceptors (Lipinski definition) is 1. The summed E-state index contributed by atoms with van der Waals surface area (Å²) in [5, 5.41) is 9.73. The Hall–Kier alpha value is -8.00. The number of rotatable bonds is 5. The van der Waals surface area contributed by atoms with Crippen LogP contribution in [0.1, 0.15) is 22.3 Å². The van der Waals surface area contributed by atoms with Crippen molar-refractivity contribution in [2.75, 3.05) is 0 Å². The predicted octanol–water partition coefficient (Wildman–Crippen LogP) is 16.4. The van der Waals surface area contributed by atoms with Crippen LogP contribution in [-0.4, -0.2) is 0 Å². The summed E-state index contributed by atoms with van der Waals surface area (Å²) in [6.45, 7) is 0. The van der Waals surface area contributed by atoms with Gasteiger partial charge in [-0.25, -0.2) is 0 Å². The van der Waals surface area contributed by atoms with Crippen molar-refractivity contribution >= 4 is 54.3 Å². The Morgan fingerprint density at radius 2 is 0.790 bits per heavy atom. The second kappa shape index (κ2) is 13.5. The van der Waals surface area contributed by atoms with Gasteiger partial charge >= 0.3 is 0 Å². The molecule has 1 heteroatoms. The van der Waals surface area contributed by atoms with Crippen molar-refractivity contribution in [3.63, 3.8) is 0 Å². The van der Waals surface area contributed by atoms with E-state index in [-0.39, 0.29) is 0 Å². The first-order valence-electron chi connectivity index (χ1n) is 21.5. The summed E-state index contributed by atoms with van der Waals surface area (Å²) in [5.74, 6) is 0. The summed E-state index contributed by atoms with van der Waals surface area (Å²) in [4.78, 5) is 0. The van der Waals surface area contributed by atoms with Gasteiger partial charge in [0.05, 0.1) is 5.41 Å². The maximum Gasteiger partial charge on any atom is 0.136 e. The third-order valence-corrected chi connectivity index (χ3v) is 13.6. The second-order valence-corrected chi connectivity index (χ2v) is 16.6. The molecule has 288 valence electrons. The van der Waals surface area contributed by atoms with E-state index in [4.69, 9.17) is 4.42 Å². The molecule has 0 spiro atoms. The van der Waals surface area contributed by atoms with Gasteiger partial charge in [0.2, 0.25) is 0 Å².